The van der Waals surface area contributed by atoms with Crippen LogP contribution in [0.1, 0.15) is 60.0 Å². The molecule has 6 nitrogen and oxygen atoms in total. The van der Waals surface area contributed by atoms with Crippen LogP contribution < -0.4 is 0 Å². The van der Waals surface area contributed by atoms with E-state index in [2.05, 4.69) is 6.07 Å². The zero-order chi connectivity index (χ0) is 22.0. The third-order valence-corrected chi connectivity index (χ3v) is 7.24. The molecule has 3 aliphatic heterocycles. The number of likely N-dealkylation sites (tertiary alicyclic amines) is 3. The number of carbonyl (C=O) groups excluding carboxylic acids is 3. The molecule has 3 fully saturated rings. The van der Waals surface area contributed by atoms with Crippen molar-refractivity contribution >= 4 is 17.7 Å². The maximum Gasteiger partial charge on any atom is 0.320 e. The van der Waals surface area contributed by atoms with Gasteiger partial charge in [-0.25, -0.2) is 4.79 Å². The van der Waals surface area contributed by atoms with Gasteiger partial charge in [0.25, 0.3) is 0 Å². The van der Waals surface area contributed by atoms with E-state index >= 15 is 0 Å². The van der Waals surface area contributed by atoms with Crippen LogP contribution in [0.2, 0.25) is 0 Å². The molecule has 3 saturated heterocycles. The number of benzene rings is 1. The molecule has 1 aromatic carbocycles. The molecule has 0 spiro atoms. The Morgan fingerprint density at radius 2 is 1.45 bits per heavy atom. The number of ketones is 1. The van der Waals surface area contributed by atoms with Gasteiger partial charge in [0.1, 0.15) is 0 Å². The van der Waals surface area contributed by atoms with Gasteiger partial charge in [0, 0.05) is 50.7 Å². The van der Waals surface area contributed by atoms with E-state index in [1.54, 1.807) is 0 Å². The fourth-order valence-corrected chi connectivity index (χ4v) is 5.39. The van der Waals surface area contributed by atoms with Gasteiger partial charge in [0.2, 0.25) is 5.91 Å². The van der Waals surface area contributed by atoms with E-state index in [1.165, 1.54) is 5.56 Å². The number of amides is 3. The number of nitrogens with zero attached hydrogens (tertiary/aromatic N) is 3. The normalized spacial score (nSPS) is 22.6. The van der Waals surface area contributed by atoms with Crippen molar-refractivity contribution in [1.82, 2.24) is 14.7 Å². The zero-order valence-corrected chi connectivity index (χ0v) is 18.9. The monoisotopic (exact) mass is 425 g/mol. The summed E-state index contributed by atoms with van der Waals surface area (Å²) in [6.45, 7) is 8.29. The Hall–Kier alpha value is -2.37. The Kier molecular flexibility index (Phi) is 6.63. The lowest BCUT2D eigenvalue weighted by Gasteiger charge is -2.38. The van der Waals surface area contributed by atoms with Crippen LogP contribution in [0.15, 0.2) is 18.2 Å². The third kappa shape index (κ3) is 4.78. The first kappa shape index (κ1) is 21.8. The zero-order valence-electron chi connectivity index (χ0n) is 18.9. The second-order valence-corrected chi connectivity index (χ2v) is 9.54. The first-order chi connectivity index (χ1) is 14.9. The molecule has 4 rings (SSSR count). The quantitative estimate of drug-likeness (QED) is 0.695. The number of rotatable bonds is 3. The second-order valence-electron chi connectivity index (χ2n) is 9.54. The standard InChI is InChI=1S/C25H35N3O3/c1-18-7-8-22(19(2)16-18)23(29)20-9-14-26(15-10-20)24(30)21-6-5-13-28(17-21)25(31)27-11-3-4-12-27/h7-8,16,20-21H,3-6,9-15,17H2,1-2H3. The van der Waals surface area contributed by atoms with Gasteiger partial charge in [0.05, 0.1) is 5.92 Å². The van der Waals surface area contributed by atoms with Crippen molar-refractivity contribution in [3.63, 3.8) is 0 Å². The fraction of sp³-hybridized carbons (Fsp3) is 0.640. The van der Waals surface area contributed by atoms with Gasteiger partial charge in [-0.15, -0.1) is 0 Å². The van der Waals surface area contributed by atoms with E-state index in [9.17, 15) is 14.4 Å². The summed E-state index contributed by atoms with van der Waals surface area (Å²) in [4.78, 5) is 44.6. The highest BCUT2D eigenvalue weighted by Gasteiger charge is 2.35. The minimum Gasteiger partial charge on any atom is -0.342 e. The summed E-state index contributed by atoms with van der Waals surface area (Å²) in [7, 11) is 0. The molecule has 0 N–H and O–H groups in total. The molecule has 3 heterocycles. The van der Waals surface area contributed by atoms with Crippen molar-refractivity contribution in [2.24, 2.45) is 11.8 Å². The molecule has 0 aromatic heterocycles. The number of piperidine rings is 2. The van der Waals surface area contributed by atoms with E-state index in [-0.39, 0.29) is 29.6 Å². The number of urea groups is 1. The lowest BCUT2D eigenvalue weighted by atomic mass is 9.86. The number of Topliss-reactive ketones (excluding diaryl/α,β-unsaturated/α-hetero) is 1. The molecule has 1 unspecified atom stereocenters. The molecular formula is C25H35N3O3. The average molecular weight is 426 g/mol. The van der Waals surface area contributed by atoms with Gasteiger partial charge >= 0.3 is 6.03 Å². The van der Waals surface area contributed by atoms with Crippen molar-refractivity contribution in [3.8, 4) is 0 Å². The van der Waals surface area contributed by atoms with Crippen molar-refractivity contribution in [2.75, 3.05) is 39.3 Å². The summed E-state index contributed by atoms with van der Waals surface area (Å²) in [5.74, 6) is 0.262. The summed E-state index contributed by atoms with van der Waals surface area (Å²) >= 11 is 0. The van der Waals surface area contributed by atoms with Crippen molar-refractivity contribution in [2.45, 2.75) is 52.4 Å². The summed E-state index contributed by atoms with van der Waals surface area (Å²) in [5, 5.41) is 0. The van der Waals surface area contributed by atoms with Gasteiger partial charge in [-0.05, 0) is 57.9 Å². The Balaban J connectivity index is 1.31. The lowest BCUT2D eigenvalue weighted by molar-refractivity contribution is -0.138. The Bertz CT molecular complexity index is 838. The molecule has 168 valence electrons. The largest absolute Gasteiger partial charge is 0.342 e. The lowest BCUT2D eigenvalue weighted by Crippen LogP contribution is -2.51. The van der Waals surface area contributed by atoms with Gasteiger partial charge in [-0.1, -0.05) is 23.8 Å². The second kappa shape index (κ2) is 9.41. The highest BCUT2D eigenvalue weighted by molar-refractivity contribution is 5.99. The molecule has 0 radical (unpaired) electrons. The van der Waals surface area contributed by atoms with E-state index in [0.717, 1.165) is 69.3 Å². The van der Waals surface area contributed by atoms with E-state index in [0.29, 0.717) is 19.6 Å². The molecular weight excluding hydrogens is 390 g/mol. The average Bonchev–Trinajstić information content (AvgIpc) is 3.33. The fourth-order valence-electron chi connectivity index (χ4n) is 5.39. The first-order valence-electron chi connectivity index (χ1n) is 11.9. The number of carbonyl (C=O) groups is 3. The van der Waals surface area contributed by atoms with E-state index in [1.807, 2.05) is 40.7 Å². The first-order valence-corrected chi connectivity index (χ1v) is 11.9. The Morgan fingerprint density at radius 1 is 0.774 bits per heavy atom. The van der Waals surface area contributed by atoms with Gasteiger partial charge < -0.3 is 14.7 Å². The van der Waals surface area contributed by atoms with Crippen LogP contribution in [0.5, 0.6) is 0 Å². The van der Waals surface area contributed by atoms with Crippen LogP contribution in [0.3, 0.4) is 0 Å². The smallest absolute Gasteiger partial charge is 0.320 e. The molecule has 0 saturated carbocycles. The Morgan fingerprint density at radius 3 is 2.13 bits per heavy atom. The highest BCUT2D eigenvalue weighted by atomic mass is 16.2. The van der Waals surface area contributed by atoms with E-state index in [4.69, 9.17) is 0 Å². The predicted molar refractivity (Wildman–Crippen MR) is 120 cm³/mol. The van der Waals surface area contributed by atoms with Crippen LogP contribution >= 0.6 is 0 Å². The van der Waals surface area contributed by atoms with Crippen LogP contribution in [0.4, 0.5) is 4.79 Å². The minimum absolute atomic E-state index is 0.00921. The summed E-state index contributed by atoms with van der Waals surface area (Å²) in [6, 6.07) is 6.10. The van der Waals surface area contributed by atoms with Crippen molar-refractivity contribution < 1.29 is 14.4 Å². The summed E-state index contributed by atoms with van der Waals surface area (Å²) in [5.41, 5.74) is 3.02. The van der Waals surface area contributed by atoms with Gasteiger partial charge in [-0.3, -0.25) is 9.59 Å². The molecule has 3 amide bonds. The topological polar surface area (TPSA) is 60.9 Å². The molecule has 31 heavy (non-hydrogen) atoms. The van der Waals surface area contributed by atoms with Crippen LogP contribution in [-0.2, 0) is 4.79 Å². The SMILES string of the molecule is Cc1ccc(C(=O)C2CCN(C(=O)C3CCCN(C(=O)N4CCCC4)C3)CC2)c(C)c1. The maximum absolute atomic E-state index is 13.2. The Labute approximate surface area is 185 Å². The molecule has 0 aliphatic carbocycles. The van der Waals surface area contributed by atoms with E-state index < -0.39 is 0 Å². The van der Waals surface area contributed by atoms with Crippen LogP contribution in [-0.4, -0.2) is 71.7 Å². The number of hydrogen-bond acceptors (Lipinski definition) is 3. The minimum atomic E-state index is -0.105. The summed E-state index contributed by atoms with van der Waals surface area (Å²) in [6.07, 6.45) is 5.35. The molecule has 0 bridgehead atoms. The van der Waals surface area contributed by atoms with Crippen molar-refractivity contribution in [1.29, 1.82) is 0 Å². The maximum atomic E-state index is 13.2. The predicted octanol–water partition coefficient (Wildman–Crippen LogP) is 3.65. The van der Waals surface area contributed by atoms with Crippen molar-refractivity contribution in [3.05, 3.63) is 34.9 Å². The summed E-state index contributed by atoms with van der Waals surface area (Å²) < 4.78 is 0. The van der Waals surface area contributed by atoms with Crippen LogP contribution in [0.25, 0.3) is 0 Å². The van der Waals surface area contributed by atoms with Gasteiger partial charge in [-0.2, -0.15) is 0 Å². The molecule has 6 heteroatoms. The molecule has 1 atom stereocenters. The molecule has 3 aliphatic rings. The highest BCUT2D eigenvalue weighted by Crippen LogP contribution is 2.27. The van der Waals surface area contributed by atoms with Crippen LogP contribution in [0, 0.1) is 25.7 Å². The van der Waals surface area contributed by atoms with Gasteiger partial charge in [0.15, 0.2) is 5.78 Å². The number of hydrogen-bond donors (Lipinski definition) is 0. The third-order valence-electron chi connectivity index (χ3n) is 7.24. The number of aryl methyl sites for hydroxylation is 2. The molecule has 1 aromatic rings.